The molecule has 0 saturated carbocycles. The van der Waals surface area contributed by atoms with Gasteiger partial charge in [0.15, 0.2) is 5.60 Å². The first-order chi connectivity index (χ1) is 9.89. The van der Waals surface area contributed by atoms with Crippen molar-refractivity contribution in [1.29, 1.82) is 0 Å². The predicted octanol–water partition coefficient (Wildman–Crippen LogP) is 2.40. The summed E-state index contributed by atoms with van der Waals surface area (Å²) in [5.41, 5.74) is -1.91. The van der Waals surface area contributed by atoms with Gasteiger partial charge < -0.3 is 5.11 Å². The van der Waals surface area contributed by atoms with Crippen LogP contribution in [-0.2, 0) is 22.9 Å². The van der Waals surface area contributed by atoms with Gasteiger partial charge in [-0.15, -0.1) is 0 Å². The van der Waals surface area contributed by atoms with Gasteiger partial charge in [0, 0.05) is 48.1 Å². The highest BCUT2D eigenvalue weighted by Gasteiger charge is 2.55. The van der Waals surface area contributed by atoms with E-state index < -0.39 is 27.7 Å². The summed E-state index contributed by atoms with van der Waals surface area (Å²) < 4.78 is 63.7. The fraction of sp³-hybridized carbons (Fsp3) is 0.636. The minimum Gasteiger partial charge on any atom is -0.380 e. The molecule has 0 spiro atoms. The number of hydrogen-bond acceptors (Lipinski definition) is 4. The number of nitrogens with two attached hydrogens (primary N) is 1. The Morgan fingerprint density at radius 1 is 1.50 bits per heavy atom. The Kier molecular flexibility index (Phi) is 4.86. The minimum absolute atomic E-state index is 0.0396. The van der Waals surface area contributed by atoms with Crippen molar-refractivity contribution >= 4 is 40.3 Å². The van der Waals surface area contributed by atoms with Gasteiger partial charge in [-0.3, -0.25) is 3.97 Å². The van der Waals surface area contributed by atoms with Crippen LogP contribution in [0.25, 0.3) is 0 Å². The monoisotopic (exact) mass is 470 g/mol. The van der Waals surface area contributed by atoms with E-state index in [1.807, 2.05) is 21.2 Å². The Morgan fingerprint density at radius 3 is 2.55 bits per heavy atom. The number of fused-ring (bicyclic) bond motifs is 1. The SMILES string of the molecule is CC(O)(C1CCc2c(S(N)(=O)=O)cn(SI)c2C1)C(F)(F)F. The average Bonchev–Trinajstić information content (AvgIpc) is 2.74. The topological polar surface area (TPSA) is 85.3 Å². The number of primary sulfonamides is 1. The second-order valence-electron chi connectivity index (χ2n) is 5.44. The second-order valence-corrected chi connectivity index (χ2v) is 8.69. The Morgan fingerprint density at radius 2 is 2.09 bits per heavy atom. The molecule has 1 aromatic rings. The minimum atomic E-state index is -4.74. The number of sulfonamides is 1. The van der Waals surface area contributed by atoms with Gasteiger partial charge in [0.1, 0.15) is 4.90 Å². The molecule has 0 saturated heterocycles. The lowest BCUT2D eigenvalue weighted by molar-refractivity contribution is -0.273. The Bertz CT molecular complexity index is 685. The standard InChI is InChI=1S/C11H14F3IN2O3S2/c1-10(18,11(12,13)14)6-2-3-7-8(4-6)17(21-15)5-9(7)22(16,19)20/h5-6,18H,2-4H2,1H3,(H2,16,19,20). The Labute approximate surface area is 142 Å². The summed E-state index contributed by atoms with van der Waals surface area (Å²) in [6.07, 6.45) is -3.32. The molecule has 0 fully saturated rings. The predicted molar refractivity (Wildman–Crippen MR) is 85.0 cm³/mol. The normalized spacial score (nSPS) is 22.2. The van der Waals surface area contributed by atoms with Gasteiger partial charge in [-0.1, -0.05) is 0 Å². The molecule has 0 aliphatic heterocycles. The van der Waals surface area contributed by atoms with Crippen molar-refractivity contribution < 1.29 is 26.7 Å². The molecule has 3 N–H and O–H groups in total. The lowest BCUT2D eigenvalue weighted by Gasteiger charge is -2.37. The van der Waals surface area contributed by atoms with Crippen LogP contribution in [0.15, 0.2) is 11.1 Å². The third-order valence-electron chi connectivity index (χ3n) is 4.08. The lowest BCUT2D eigenvalue weighted by atomic mass is 9.77. The van der Waals surface area contributed by atoms with Crippen molar-refractivity contribution in [3.63, 3.8) is 0 Å². The molecule has 0 aromatic carbocycles. The summed E-state index contributed by atoms with van der Waals surface area (Å²) in [6, 6.07) is 0. The van der Waals surface area contributed by atoms with Crippen molar-refractivity contribution in [1.82, 2.24) is 3.97 Å². The zero-order valence-electron chi connectivity index (χ0n) is 11.4. The zero-order valence-corrected chi connectivity index (χ0v) is 15.2. The van der Waals surface area contributed by atoms with E-state index in [2.05, 4.69) is 0 Å². The van der Waals surface area contributed by atoms with E-state index >= 15 is 0 Å². The van der Waals surface area contributed by atoms with Gasteiger partial charge in [0.05, 0.1) is 0 Å². The van der Waals surface area contributed by atoms with Crippen LogP contribution in [0.3, 0.4) is 0 Å². The first-order valence-electron chi connectivity index (χ1n) is 6.23. The van der Waals surface area contributed by atoms with Gasteiger partial charge in [0.25, 0.3) is 0 Å². The highest BCUT2D eigenvalue weighted by Crippen LogP contribution is 2.44. The third-order valence-corrected chi connectivity index (χ3v) is 6.79. The highest BCUT2D eigenvalue weighted by atomic mass is 127. The molecule has 1 aliphatic rings. The van der Waals surface area contributed by atoms with Gasteiger partial charge in [-0.2, -0.15) is 13.2 Å². The zero-order chi connectivity index (χ0) is 16.9. The smallest absolute Gasteiger partial charge is 0.380 e. The molecular weight excluding hydrogens is 456 g/mol. The molecule has 22 heavy (non-hydrogen) atoms. The van der Waals surface area contributed by atoms with Crippen LogP contribution in [0.2, 0.25) is 0 Å². The van der Waals surface area contributed by atoms with E-state index in [4.69, 9.17) is 5.14 Å². The van der Waals surface area contributed by atoms with Crippen molar-refractivity contribution in [2.45, 2.75) is 42.9 Å². The number of hydrogen-bond donors (Lipinski definition) is 2. The van der Waals surface area contributed by atoms with Crippen LogP contribution in [0, 0.1) is 5.92 Å². The molecule has 11 heteroatoms. The van der Waals surface area contributed by atoms with Crippen LogP contribution in [0.4, 0.5) is 13.2 Å². The van der Waals surface area contributed by atoms with Crippen molar-refractivity contribution in [2.24, 2.45) is 11.1 Å². The molecule has 2 rings (SSSR count). The quantitative estimate of drug-likeness (QED) is 0.665. The van der Waals surface area contributed by atoms with E-state index in [0.717, 1.165) is 16.0 Å². The first-order valence-corrected chi connectivity index (χ1v) is 11.1. The molecule has 2 unspecified atom stereocenters. The van der Waals surface area contributed by atoms with E-state index in [1.165, 1.54) is 10.2 Å². The van der Waals surface area contributed by atoms with Crippen LogP contribution in [0.5, 0.6) is 0 Å². The molecule has 0 radical (unpaired) electrons. The molecule has 2 atom stereocenters. The summed E-state index contributed by atoms with van der Waals surface area (Å²) in [5.74, 6) is -1.04. The van der Waals surface area contributed by atoms with Crippen LogP contribution in [0.1, 0.15) is 24.6 Å². The number of halogens is 4. The summed E-state index contributed by atoms with van der Waals surface area (Å²) >= 11 is 1.90. The fourth-order valence-electron chi connectivity index (χ4n) is 2.69. The Hall–Kier alpha value is 0.0200. The number of alkyl halides is 3. The molecule has 126 valence electrons. The van der Waals surface area contributed by atoms with Gasteiger partial charge in [0.2, 0.25) is 10.0 Å². The number of rotatable bonds is 3. The molecule has 5 nitrogen and oxygen atoms in total. The highest BCUT2D eigenvalue weighted by molar-refractivity contribution is 14.2. The van der Waals surface area contributed by atoms with Crippen molar-refractivity contribution in [3.8, 4) is 0 Å². The molecular formula is C11H14F3IN2O3S2. The summed E-state index contributed by atoms with van der Waals surface area (Å²) in [7, 11) is -2.79. The third kappa shape index (κ3) is 3.14. The number of aliphatic hydroxyl groups is 1. The van der Waals surface area contributed by atoms with Crippen LogP contribution in [-0.4, -0.2) is 29.3 Å². The summed E-state index contributed by atoms with van der Waals surface area (Å²) in [5, 5.41) is 15.0. The molecule has 0 amide bonds. The van der Waals surface area contributed by atoms with Gasteiger partial charge >= 0.3 is 6.18 Å². The molecule has 1 aliphatic carbocycles. The van der Waals surface area contributed by atoms with E-state index in [9.17, 15) is 26.7 Å². The fourth-order valence-corrected chi connectivity index (χ4v) is 5.04. The maximum Gasteiger partial charge on any atom is 0.417 e. The van der Waals surface area contributed by atoms with Crippen LogP contribution < -0.4 is 5.14 Å². The maximum absolute atomic E-state index is 13.0. The lowest BCUT2D eigenvalue weighted by Crippen LogP contribution is -2.50. The molecule has 0 bridgehead atoms. The first kappa shape index (κ1) is 18.4. The number of aromatic nitrogens is 1. The number of nitrogens with zero attached hydrogens (tertiary/aromatic N) is 1. The maximum atomic E-state index is 13.0. The van der Waals surface area contributed by atoms with Crippen molar-refractivity contribution in [2.75, 3.05) is 0 Å². The van der Waals surface area contributed by atoms with E-state index in [0.29, 0.717) is 11.3 Å². The summed E-state index contributed by atoms with van der Waals surface area (Å²) in [6.45, 7) is 0.758. The van der Waals surface area contributed by atoms with E-state index in [-0.39, 0.29) is 24.2 Å². The van der Waals surface area contributed by atoms with Crippen molar-refractivity contribution in [3.05, 3.63) is 17.5 Å². The Balaban J connectivity index is 2.46. The van der Waals surface area contributed by atoms with Gasteiger partial charge in [-0.05, 0) is 31.7 Å². The summed E-state index contributed by atoms with van der Waals surface area (Å²) in [4.78, 5) is -0.0585. The average molecular weight is 470 g/mol. The second kappa shape index (κ2) is 5.83. The van der Waals surface area contributed by atoms with Crippen LogP contribution >= 0.6 is 30.3 Å². The molecule has 1 heterocycles. The molecule has 1 aromatic heterocycles. The van der Waals surface area contributed by atoms with E-state index in [1.54, 1.807) is 0 Å². The van der Waals surface area contributed by atoms with Gasteiger partial charge in [-0.25, -0.2) is 13.6 Å². The largest absolute Gasteiger partial charge is 0.417 e.